The number of benzene rings is 1. The lowest BCUT2D eigenvalue weighted by Gasteiger charge is -2.32. The van der Waals surface area contributed by atoms with Crippen molar-refractivity contribution in [3.05, 3.63) is 66.0 Å². The molecule has 2 N–H and O–H groups in total. The molecule has 9 heteroatoms. The largest absolute Gasteiger partial charge is 0.466 e. The summed E-state index contributed by atoms with van der Waals surface area (Å²) < 4.78 is 4.91. The number of carbonyl (C=O) groups excluding carboxylic acids is 3. The molecular weight excluding hydrogens is 446 g/mol. The second kappa shape index (κ2) is 14.1. The monoisotopic (exact) mass is 481 g/mol. The molecule has 1 saturated heterocycles. The summed E-state index contributed by atoms with van der Waals surface area (Å²) in [5.74, 6) is -0.389. The maximum absolute atomic E-state index is 12.9. The highest BCUT2D eigenvalue weighted by atomic mass is 16.5. The van der Waals surface area contributed by atoms with Crippen LogP contribution >= 0.6 is 0 Å². The summed E-state index contributed by atoms with van der Waals surface area (Å²) in [5, 5.41) is 5.76. The number of urea groups is 1. The van der Waals surface area contributed by atoms with Gasteiger partial charge < -0.3 is 20.3 Å². The number of esters is 1. The number of ether oxygens (including phenoxy) is 1. The molecule has 9 nitrogen and oxygen atoms in total. The Hall–Kier alpha value is -3.46. The van der Waals surface area contributed by atoms with Gasteiger partial charge in [-0.25, -0.2) is 4.79 Å². The van der Waals surface area contributed by atoms with E-state index in [0.717, 1.165) is 17.5 Å². The molecule has 3 amide bonds. The van der Waals surface area contributed by atoms with Gasteiger partial charge in [0.05, 0.1) is 13.0 Å². The smallest absolute Gasteiger partial charge is 0.317 e. The zero-order valence-corrected chi connectivity index (χ0v) is 20.3. The van der Waals surface area contributed by atoms with Crippen molar-refractivity contribution in [1.29, 1.82) is 0 Å². The standard InChI is InChI=1S/C26H35N5O4/c1-2-35-25(33)11-14-29-26(34)30-16-6-17-31(20-21-9-12-27-13-10-21)23(19-24(32)28-15-18-30)22-7-4-3-5-8-22/h3-5,7-10,12-13,23H,2,6,11,14-20H2,1H3,(H,28,32)(H,29,34). The van der Waals surface area contributed by atoms with E-state index in [2.05, 4.69) is 32.7 Å². The molecule has 0 spiro atoms. The van der Waals surface area contributed by atoms with Crippen LogP contribution in [0.15, 0.2) is 54.9 Å². The third kappa shape index (κ3) is 8.68. The maximum Gasteiger partial charge on any atom is 0.317 e. The number of amides is 3. The van der Waals surface area contributed by atoms with E-state index in [0.29, 0.717) is 45.8 Å². The van der Waals surface area contributed by atoms with Crippen molar-refractivity contribution in [2.45, 2.75) is 38.8 Å². The fraction of sp³-hybridized carbons (Fsp3) is 0.462. The van der Waals surface area contributed by atoms with Crippen LogP contribution in [0.2, 0.25) is 0 Å². The van der Waals surface area contributed by atoms with E-state index < -0.39 is 0 Å². The Labute approximate surface area is 206 Å². The number of aromatic nitrogens is 1. The minimum Gasteiger partial charge on any atom is -0.466 e. The van der Waals surface area contributed by atoms with Gasteiger partial charge in [-0.2, -0.15) is 0 Å². The summed E-state index contributed by atoms with van der Waals surface area (Å²) in [7, 11) is 0. The summed E-state index contributed by atoms with van der Waals surface area (Å²) in [5.41, 5.74) is 2.20. The lowest BCUT2D eigenvalue weighted by molar-refractivity contribution is -0.142. The van der Waals surface area contributed by atoms with Crippen LogP contribution in [0.1, 0.15) is 43.4 Å². The number of hydrogen-bond donors (Lipinski definition) is 2. The topological polar surface area (TPSA) is 104 Å². The molecule has 0 radical (unpaired) electrons. The number of nitrogens with zero attached hydrogens (tertiary/aromatic N) is 3. The Morgan fingerprint density at radius 2 is 1.89 bits per heavy atom. The molecule has 1 aliphatic heterocycles. The highest BCUT2D eigenvalue weighted by Gasteiger charge is 2.25. The van der Waals surface area contributed by atoms with Crippen LogP contribution in [0, 0.1) is 0 Å². The fourth-order valence-corrected chi connectivity index (χ4v) is 4.17. The fourth-order valence-electron chi connectivity index (χ4n) is 4.17. The molecule has 1 aromatic carbocycles. The highest BCUT2D eigenvalue weighted by molar-refractivity contribution is 5.77. The van der Waals surface area contributed by atoms with Crippen molar-refractivity contribution in [1.82, 2.24) is 25.4 Å². The first-order valence-electron chi connectivity index (χ1n) is 12.2. The van der Waals surface area contributed by atoms with E-state index in [-0.39, 0.29) is 36.9 Å². The Morgan fingerprint density at radius 1 is 1.11 bits per heavy atom. The van der Waals surface area contributed by atoms with Gasteiger partial charge >= 0.3 is 12.0 Å². The summed E-state index contributed by atoms with van der Waals surface area (Å²) in [4.78, 5) is 45.3. The number of carbonyl (C=O) groups is 3. The van der Waals surface area contributed by atoms with E-state index in [1.807, 2.05) is 30.3 Å². The molecule has 3 rings (SSSR count). The Balaban J connectivity index is 1.71. The Morgan fingerprint density at radius 3 is 2.63 bits per heavy atom. The Kier molecular flexibility index (Phi) is 10.5. The van der Waals surface area contributed by atoms with Crippen LogP contribution in [-0.4, -0.2) is 72.0 Å². The first kappa shape index (κ1) is 26.2. The van der Waals surface area contributed by atoms with Gasteiger partial charge in [0.25, 0.3) is 0 Å². The van der Waals surface area contributed by atoms with Gasteiger partial charge in [-0.3, -0.25) is 19.5 Å². The van der Waals surface area contributed by atoms with Crippen molar-refractivity contribution in [3.63, 3.8) is 0 Å². The molecule has 1 aliphatic rings. The summed E-state index contributed by atoms with van der Waals surface area (Å²) >= 11 is 0. The van der Waals surface area contributed by atoms with Crippen molar-refractivity contribution in [2.24, 2.45) is 0 Å². The van der Waals surface area contributed by atoms with Crippen LogP contribution in [-0.2, 0) is 20.9 Å². The summed E-state index contributed by atoms with van der Waals surface area (Å²) in [6.45, 7) is 4.97. The van der Waals surface area contributed by atoms with Crippen molar-refractivity contribution < 1.29 is 19.1 Å². The lowest BCUT2D eigenvalue weighted by atomic mass is 10.00. The molecule has 35 heavy (non-hydrogen) atoms. The number of rotatable bonds is 7. The van der Waals surface area contributed by atoms with Crippen molar-refractivity contribution in [3.8, 4) is 0 Å². The van der Waals surface area contributed by atoms with Crippen LogP contribution in [0.5, 0.6) is 0 Å². The molecule has 0 bridgehead atoms. The van der Waals surface area contributed by atoms with Gasteiger partial charge in [-0.1, -0.05) is 30.3 Å². The normalized spacial score (nSPS) is 17.7. The average molecular weight is 482 g/mol. The average Bonchev–Trinajstić information content (AvgIpc) is 2.90. The van der Waals surface area contributed by atoms with Crippen LogP contribution in [0.25, 0.3) is 0 Å². The van der Waals surface area contributed by atoms with Gasteiger partial charge in [0.15, 0.2) is 0 Å². The minimum atomic E-state index is -0.337. The molecule has 0 saturated carbocycles. The third-order valence-corrected chi connectivity index (χ3v) is 5.91. The molecule has 1 unspecified atom stereocenters. The lowest BCUT2D eigenvalue weighted by Crippen LogP contribution is -2.45. The maximum atomic E-state index is 12.9. The van der Waals surface area contributed by atoms with Gasteiger partial charge in [-0.05, 0) is 36.6 Å². The van der Waals surface area contributed by atoms with Gasteiger partial charge in [-0.15, -0.1) is 0 Å². The molecular formula is C26H35N5O4. The SMILES string of the molecule is CCOC(=O)CCNC(=O)N1CCCN(Cc2ccncc2)C(c2ccccc2)CC(=O)NCC1. The van der Waals surface area contributed by atoms with Crippen LogP contribution < -0.4 is 10.6 Å². The van der Waals surface area contributed by atoms with E-state index in [4.69, 9.17) is 4.74 Å². The van der Waals surface area contributed by atoms with E-state index in [1.165, 1.54) is 0 Å². The summed E-state index contributed by atoms with van der Waals surface area (Å²) in [6.07, 6.45) is 4.75. The summed E-state index contributed by atoms with van der Waals surface area (Å²) in [6, 6.07) is 13.7. The second-order valence-electron chi connectivity index (χ2n) is 8.43. The molecule has 1 fully saturated rings. The zero-order chi connectivity index (χ0) is 24.9. The van der Waals surface area contributed by atoms with Gasteiger partial charge in [0.1, 0.15) is 0 Å². The van der Waals surface area contributed by atoms with Crippen LogP contribution in [0.3, 0.4) is 0 Å². The van der Waals surface area contributed by atoms with Gasteiger partial charge in [0, 0.05) is 64.1 Å². The number of pyridine rings is 1. The minimum absolute atomic E-state index is 0.0526. The molecule has 188 valence electrons. The third-order valence-electron chi connectivity index (χ3n) is 5.91. The van der Waals surface area contributed by atoms with Gasteiger partial charge in [0.2, 0.25) is 5.91 Å². The number of nitrogens with one attached hydrogen (secondary N) is 2. The molecule has 0 aliphatic carbocycles. The molecule has 2 aromatic rings. The first-order valence-corrected chi connectivity index (χ1v) is 12.2. The molecule has 1 atom stereocenters. The quantitative estimate of drug-likeness (QED) is 0.589. The predicted octanol–water partition coefficient (Wildman–Crippen LogP) is 2.50. The zero-order valence-electron chi connectivity index (χ0n) is 20.3. The molecule has 2 heterocycles. The number of hydrogen-bond acceptors (Lipinski definition) is 6. The van der Waals surface area contributed by atoms with Crippen LogP contribution in [0.4, 0.5) is 4.79 Å². The molecule has 1 aromatic heterocycles. The predicted molar refractivity (Wildman–Crippen MR) is 132 cm³/mol. The van der Waals surface area contributed by atoms with Crippen molar-refractivity contribution >= 4 is 17.9 Å². The Bertz CT molecular complexity index is 941. The van der Waals surface area contributed by atoms with Crippen molar-refractivity contribution in [2.75, 3.05) is 39.3 Å². The second-order valence-corrected chi connectivity index (χ2v) is 8.43. The van der Waals surface area contributed by atoms with E-state index in [9.17, 15) is 14.4 Å². The van der Waals surface area contributed by atoms with E-state index in [1.54, 1.807) is 24.2 Å². The first-order chi connectivity index (χ1) is 17.1. The van der Waals surface area contributed by atoms with E-state index >= 15 is 0 Å². The highest BCUT2D eigenvalue weighted by Crippen LogP contribution is 2.27.